The number of nitro groups is 1. The molecule has 0 saturated carbocycles. The smallest absolute Gasteiger partial charge is 0.404 e. The molecule has 0 radical (unpaired) electrons. The number of methoxy groups -OCH3 is 1. The maximum atomic E-state index is 10.7. The topological polar surface area (TPSA) is 70.2 Å². The van der Waals surface area contributed by atoms with Crippen molar-refractivity contribution in [2.45, 2.75) is 6.54 Å². The van der Waals surface area contributed by atoms with E-state index in [0.717, 1.165) is 11.3 Å². The first-order valence-electron chi connectivity index (χ1n) is 5.10. The van der Waals surface area contributed by atoms with E-state index in [1.807, 2.05) is 24.3 Å². The molecule has 18 heavy (non-hydrogen) atoms. The van der Waals surface area contributed by atoms with Crippen molar-refractivity contribution < 1.29 is 9.66 Å². The van der Waals surface area contributed by atoms with E-state index in [1.54, 1.807) is 13.3 Å². The minimum atomic E-state index is -0.519. The van der Waals surface area contributed by atoms with Gasteiger partial charge in [0.2, 0.25) is 0 Å². The van der Waals surface area contributed by atoms with Crippen molar-refractivity contribution in [3.05, 3.63) is 50.6 Å². The number of benzene rings is 1. The van der Waals surface area contributed by atoms with E-state index in [4.69, 9.17) is 4.74 Å². The Morgan fingerprint density at radius 1 is 1.44 bits per heavy atom. The van der Waals surface area contributed by atoms with Crippen LogP contribution in [0.4, 0.5) is 5.82 Å². The number of hydrogen-bond donors (Lipinski definition) is 0. The molecular formula is C11H10BrN3O3. The quantitative estimate of drug-likeness (QED) is 0.643. The predicted molar refractivity (Wildman–Crippen MR) is 68.7 cm³/mol. The standard InChI is InChI=1S/C11H10BrN3O3/c1-18-9-4-2-8(3-5-9)6-14-7-10(12)11(13-14)15(16)17/h2-5,7H,6H2,1H3. The minimum Gasteiger partial charge on any atom is -0.497 e. The lowest BCUT2D eigenvalue weighted by Crippen LogP contribution is -2.01. The highest BCUT2D eigenvalue weighted by atomic mass is 79.9. The zero-order valence-electron chi connectivity index (χ0n) is 9.54. The molecular weight excluding hydrogens is 302 g/mol. The van der Waals surface area contributed by atoms with Crippen molar-refractivity contribution in [1.29, 1.82) is 0 Å². The van der Waals surface area contributed by atoms with E-state index in [1.165, 1.54) is 4.68 Å². The predicted octanol–water partition coefficient (Wildman–Crippen LogP) is 2.61. The molecule has 0 amide bonds. The van der Waals surface area contributed by atoms with E-state index >= 15 is 0 Å². The van der Waals surface area contributed by atoms with Crippen LogP contribution in [-0.2, 0) is 6.54 Å². The number of nitrogens with zero attached hydrogens (tertiary/aromatic N) is 3. The van der Waals surface area contributed by atoms with Gasteiger partial charge in [-0.05, 0) is 38.5 Å². The van der Waals surface area contributed by atoms with E-state index in [-0.39, 0.29) is 5.82 Å². The van der Waals surface area contributed by atoms with Crippen molar-refractivity contribution in [3.8, 4) is 5.75 Å². The highest BCUT2D eigenvalue weighted by Crippen LogP contribution is 2.22. The molecule has 1 aromatic carbocycles. The zero-order chi connectivity index (χ0) is 13.1. The Labute approximate surface area is 111 Å². The summed E-state index contributed by atoms with van der Waals surface area (Å²) in [5.74, 6) is 0.592. The van der Waals surface area contributed by atoms with Gasteiger partial charge in [0, 0.05) is 0 Å². The van der Waals surface area contributed by atoms with Gasteiger partial charge in [-0.25, -0.2) is 0 Å². The van der Waals surface area contributed by atoms with Crippen LogP contribution in [0.2, 0.25) is 0 Å². The molecule has 1 aromatic heterocycles. The molecule has 0 N–H and O–H groups in total. The fraction of sp³-hybridized carbons (Fsp3) is 0.182. The average Bonchev–Trinajstić information content (AvgIpc) is 2.71. The molecule has 0 aliphatic heterocycles. The van der Waals surface area contributed by atoms with Crippen LogP contribution in [0.5, 0.6) is 5.75 Å². The summed E-state index contributed by atoms with van der Waals surface area (Å²) in [6.07, 6.45) is 1.59. The summed E-state index contributed by atoms with van der Waals surface area (Å²) in [6.45, 7) is 0.469. The van der Waals surface area contributed by atoms with Gasteiger partial charge in [-0.3, -0.25) is 0 Å². The lowest BCUT2D eigenvalue weighted by Gasteiger charge is -2.01. The Bertz CT molecular complexity index is 565. The summed E-state index contributed by atoms with van der Waals surface area (Å²) in [4.78, 5) is 10.1. The molecule has 0 spiro atoms. The van der Waals surface area contributed by atoms with E-state index in [2.05, 4.69) is 21.0 Å². The van der Waals surface area contributed by atoms with Crippen molar-refractivity contribution in [2.24, 2.45) is 0 Å². The summed E-state index contributed by atoms with van der Waals surface area (Å²) < 4.78 is 6.95. The second kappa shape index (κ2) is 5.18. The molecule has 7 heteroatoms. The Morgan fingerprint density at radius 3 is 2.61 bits per heavy atom. The summed E-state index contributed by atoms with van der Waals surface area (Å²) in [7, 11) is 1.60. The van der Waals surface area contributed by atoms with Crippen molar-refractivity contribution in [2.75, 3.05) is 7.11 Å². The Balaban J connectivity index is 2.18. The average molecular weight is 312 g/mol. The normalized spacial score (nSPS) is 10.3. The van der Waals surface area contributed by atoms with Gasteiger partial charge in [-0.2, -0.15) is 4.68 Å². The van der Waals surface area contributed by atoms with Crippen LogP contribution in [0, 0.1) is 10.1 Å². The second-order valence-corrected chi connectivity index (χ2v) is 4.46. The third-order valence-electron chi connectivity index (χ3n) is 2.38. The van der Waals surface area contributed by atoms with Gasteiger partial charge < -0.3 is 14.9 Å². The van der Waals surface area contributed by atoms with Crippen molar-refractivity contribution in [3.63, 3.8) is 0 Å². The fourth-order valence-electron chi connectivity index (χ4n) is 1.51. The third-order valence-corrected chi connectivity index (χ3v) is 2.94. The Kier molecular flexibility index (Phi) is 3.61. The van der Waals surface area contributed by atoms with Crippen molar-refractivity contribution >= 4 is 21.7 Å². The van der Waals surface area contributed by atoms with Crippen LogP contribution in [0.3, 0.4) is 0 Å². The number of rotatable bonds is 4. The van der Waals surface area contributed by atoms with Crippen LogP contribution in [-0.4, -0.2) is 21.8 Å². The summed E-state index contributed by atoms with van der Waals surface area (Å²) in [5.41, 5.74) is 0.987. The minimum absolute atomic E-state index is 0.177. The molecule has 0 bridgehead atoms. The molecule has 6 nitrogen and oxygen atoms in total. The Hall–Kier alpha value is -1.89. The monoisotopic (exact) mass is 311 g/mol. The molecule has 0 aliphatic rings. The Morgan fingerprint density at radius 2 is 2.11 bits per heavy atom. The second-order valence-electron chi connectivity index (χ2n) is 3.60. The van der Waals surface area contributed by atoms with Gasteiger partial charge in [-0.1, -0.05) is 12.1 Å². The van der Waals surface area contributed by atoms with Gasteiger partial charge >= 0.3 is 5.82 Å². The molecule has 0 unspecified atom stereocenters. The summed E-state index contributed by atoms with van der Waals surface area (Å²) in [6, 6.07) is 7.45. The van der Waals surface area contributed by atoms with Gasteiger partial charge in [-0.15, -0.1) is 0 Å². The first-order valence-corrected chi connectivity index (χ1v) is 5.89. The molecule has 94 valence electrons. The summed E-state index contributed by atoms with van der Waals surface area (Å²) in [5, 5.41) is 14.5. The summed E-state index contributed by atoms with van der Waals surface area (Å²) >= 11 is 3.11. The van der Waals surface area contributed by atoms with Crippen LogP contribution in [0.25, 0.3) is 0 Å². The van der Waals surface area contributed by atoms with Gasteiger partial charge in [0.25, 0.3) is 0 Å². The number of ether oxygens (including phenoxy) is 1. The zero-order valence-corrected chi connectivity index (χ0v) is 11.1. The molecule has 0 aliphatic carbocycles. The largest absolute Gasteiger partial charge is 0.497 e. The van der Waals surface area contributed by atoms with E-state index in [9.17, 15) is 10.1 Å². The first kappa shape index (κ1) is 12.6. The lowest BCUT2D eigenvalue weighted by molar-refractivity contribution is -0.390. The van der Waals surface area contributed by atoms with E-state index < -0.39 is 4.92 Å². The number of hydrogen-bond acceptors (Lipinski definition) is 4. The van der Waals surface area contributed by atoms with Crippen LogP contribution in [0.1, 0.15) is 5.56 Å². The van der Waals surface area contributed by atoms with Crippen LogP contribution in [0.15, 0.2) is 34.9 Å². The van der Waals surface area contributed by atoms with Crippen molar-refractivity contribution in [1.82, 2.24) is 9.78 Å². The third kappa shape index (κ3) is 2.67. The maximum absolute atomic E-state index is 10.7. The highest BCUT2D eigenvalue weighted by molar-refractivity contribution is 9.10. The first-order chi connectivity index (χ1) is 8.60. The van der Waals surface area contributed by atoms with E-state index in [0.29, 0.717) is 11.0 Å². The van der Waals surface area contributed by atoms with Gasteiger partial charge in [0.1, 0.15) is 10.2 Å². The SMILES string of the molecule is COc1ccc(Cn2cc(Br)c([N+](=O)[O-])n2)cc1. The highest BCUT2D eigenvalue weighted by Gasteiger charge is 2.18. The van der Waals surface area contributed by atoms with Gasteiger partial charge in [0.15, 0.2) is 0 Å². The van der Waals surface area contributed by atoms with Crippen LogP contribution < -0.4 is 4.74 Å². The van der Waals surface area contributed by atoms with Crippen LogP contribution >= 0.6 is 15.9 Å². The molecule has 1 heterocycles. The molecule has 2 rings (SSSR count). The number of halogens is 1. The molecule has 0 saturated heterocycles. The van der Waals surface area contributed by atoms with Gasteiger partial charge in [0.05, 0.1) is 25.0 Å². The lowest BCUT2D eigenvalue weighted by atomic mass is 10.2. The molecule has 2 aromatic rings. The molecule has 0 atom stereocenters. The maximum Gasteiger partial charge on any atom is 0.404 e. The number of aromatic nitrogens is 2. The fourth-order valence-corrected chi connectivity index (χ4v) is 1.97. The molecule has 0 fully saturated rings.